The molecule has 1 heterocycles. The molecule has 1 fully saturated rings. The van der Waals surface area contributed by atoms with Gasteiger partial charge < -0.3 is 10.6 Å². The van der Waals surface area contributed by atoms with E-state index in [0.29, 0.717) is 22.7 Å². The average Bonchev–Trinajstić information content (AvgIpc) is 3.37. The van der Waals surface area contributed by atoms with E-state index in [1.807, 2.05) is 31.2 Å². The van der Waals surface area contributed by atoms with Crippen molar-refractivity contribution in [2.45, 2.75) is 26.7 Å². The van der Waals surface area contributed by atoms with E-state index >= 15 is 0 Å². The predicted octanol–water partition coefficient (Wildman–Crippen LogP) is 5.46. The molecule has 0 unspecified atom stereocenters. The Balaban J connectivity index is 1.75. The van der Waals surface area contributed by atoms with E-state index in [4.69, 9.17) is 11.6 Å². The molecule has 1 aromatic carbocycles. The van der Waals surface area contributed by atoms with Gasteiger partial charge in [0.05, 0.1) is 6.20 Å². The minimum atomic E-state index is 0.462. The van der Waals surface area contributed by atoms with Gasteiger partial charge in [-0.15, -0.1) is 0 Å². The van der Waals surface area contributed by atoms with Crippen LogP contribution in [0.3, 0.4) is 0 Å². The number of aryl methyl sites for hydroxylation is 1. The Labute approximate surface area is 147 Å². The summed E-state index contributed by atoms with van der Waals surface area (Å²) in [6.45, 7) is 8.21. The number of nitrogens with one attached hydrogen (secondary N) is 2. The molecular formula is C19H21ClN4. The summed E-state index contributed by atoms with van der Waals surface area (Å²) in [5.41, 5.74) is 4.21. The zero-order valence-corrected chi connectivity index (χ0v) is 14.7. The van der Waals surface area contributed by atoms with Crippen LogP contribution in [0.25, 0.3) is 0 Å². The number of allylic oxidation sites excluding steroid dienone is 2. The monoisotopic (exact) mass is 340 g/mol. The van der Waals surface area contributed by atoms with Gasteiger partial charge in [0.1, 0.15) is 5.02 Å². The van der Waals surface area contributed by atoms with Crippen LogP contribution in [-0.4, -0.2) is 9.97 Å². The van der Waals surface area contributed by atoms with Crippen LogP contribution in [0.15, 0.2) is 54.4 Å². The Hall–Kier alpha value is -2.33. The SMILES string of the molecule is C=C(/C=C(\C)C1CC1)Nc1nc(Nc2ccccc2C)ncc1Cl. The second-order valence-corrected chi connectivity index (χ2v) is 6.55. The van der Waals surface area contributed by atoms with Crippen molar-refractivity contribution >= 4 is 29.1 Å². The van der Waals surface area contributed by atoms with Crippen LogP contribution >= 0.6 is 11.6 Å². The fourth-order valence-electron chi connectivity index (χ4n) is 2.47. The number of rotatable bonds is 6. The molecule has 5 heteroatoms. The van der Waals surface area contributed by atoms with Crippen molar-refractivity contribution in [1.29, 1.82) is 0 Å². The van der Waals surface area contributed by atoms with Gasteiger partial charge >= 0.3 is 0 Å². The van der Waals surface area contributed by atoms with Gasteiger partial charge in [-0.05, 0) is 50.3 Å². The highest BCUT2D eigenvalue weighted by Crippen LogP contribution is 2.36. The van der Waals surface area contributed by atoms with E-state index in [0.717, 1.165) is 16.9 Å². The van der Waals surface area contributed by atoms with E-state index in [-0.39, 0.29) is 0 Å². The average molecular weight is 341 g/mol. The molecule has 0 spiro atoms. The Morgan fingerprint density at radius 1 is 1.33 bits per heavy atom. The van der Waals surface area contributed by atoms with Crippen molar-refractivity contribution in [1.82, 2.24) is 9.97 Å². The number of para-hydroxylation sites is 1. The van der Waals surface area contributed by atoms with Crippen LogP contribution in [0.2, 0.25) is 5.02 Å². The lowest BCUT2D eigenvalue weighted by molar-refractivity contribution is 1.00. The minimum Gasteiger partial charge on any atom is -0.339 e. The highest BCUT2D eigenvalue weighted by molar-refractivity contribution is 6.32. The van der Waals surface area contributed by atoms with Gasteiger partial charge in [-0.25, -0.2) is 4.98 Å². The Morgan fingerprint density at radius 2 is 2.08 bits per heavy atom. The van der Waals surface area contributed by atoms with Gasteiger partial charge in [0.2, 0.25) is 5.95 Å². The lowest BCUT2D eigenvalue weighted by Gasteiger charge is -2.11. The summed E-state index contributed by atoms with van der Waals surface area (Å²) in [6, 6.07) is 7.98. The van der Waals surface area contributed by atoms with E-state index in [2.05, 4.69) is 40.2 Å². The molecule has 0 bridgehead atoms. The molecule has 1 aliphatic rings. The first-order valence-electron chi connectivity index (χ1n) is 8.02. The molecular weight excluding hydrogens is 320 g/mol. The smallest absolute Gasteiger partial charge is 0.229 e. The molecule has 1 aromatic heterocycles. The quantitative estimate of drug-likeness (QED) is 0.685. The van der Waals surface area contributed by atoms with Crippen LogP contribution in [0.4, 0.5) is 17.5 Å². The zero-order valence-electron chi connectivity index (χ0n) is 13.9. The summed E-state index contributed by atoms with van der Waals surface area (Å²) >= 11 is 6.21. The van der Waals surface area contributed by atoms with Gasteiger partial charge in [0, 0.05) is 11.4 Å². The first kappa shape index (κ1) is 16.5. The Bertz CT molecular complexity index is 794. The van der Waals surface area contributed by atoms with E-state index in [9.17, 15) is 0 Å². The number of nitrogens with zero attached hydrogens (tertiary/aromatic N) is 2. The number of anilines is 3. The predicted molar refractivity (Wildman–Crippen MR) is 101 cm³/mol. The first-order chi connectivity index (χ1) is 11.5. The van der Waals surface area contributed by atoms with Crippen molar-refractivity contribution in [2.24, 2.45) is 5.92 Å². The van der Waals surface area contributed by atoms with Crippen molar-refractivity contribution in [3.8, 4) is 0 Å². The first-order valence-corrected chi connectivity index (χ1v) is 8.40. The van der Waals surface area contributed by atoms with E-state index < -0.39 is 0 Å². The van der Waals surface area contributed by atoms with Crippen LogP contribution in [0.5, 0.6) is 0 Å². The lowest BCUT2D eigenvalue weighted by atomic mass is 10.1. The molecule has 124 valence electrons. The fraction of sp³-hybridized carbons (Fsp3) is 0.263. The highest BCUT2D eigenvalue weighted by atomic mass is 35.5. The van der Waals surface area contributed by atoms with Gasteiger partial charge in [-0.3, -0.25) is 0 Å². The molecule has 3 rings (SSSR count). The maximum absolute atomic E-state index is 6.21. The van der Waals surface area contributed by atoms with Crippen LogP contribution in [0, 0.1) is 12.8 Å². The maximum Gasteiger partial charge on any atom is 0.229 e. The largest absolute Gasteiger partial charge is 0.339 e. The normalized spacial score (nSPS) is 14.4. The van der Waals surface area contributed by atoms with Crippen molar-refractivity contribution in [2.75, 3.05) is 10.6 Å². The minimum absolute atomic E-state index is 0.462. The lowest BCUT2D eigenvalue weighted by Crippen LogP contribution is -2.04. The number of hydrogen-bond acceptors (Lipinski definition) is 4. The zero-order chi connectivity index (χ0) is 17.1. The summed E-state index contributed by atoms with van der Waals surface area (Å²) < 4.78 is 0. The van der Waals surface area contributed by atoms with Crippen molar-refractivity contribution < 1.29 is 0 Å². The molecule has 0 amide bonds. The molecule has 0 radical (unpaired) electrons. The Morgan fingerprint density at radius 3 is 2.79 bits per heavy atom. The third-order valence-electron chi connectivity index (χ3n) is 4.04. The van der Waals surface area contributed by atoms with Gasteiger partial charge in [-0.1, -0.05) is 42.0 Å². The Kier molecular flexibility index (Phi) is 4.86. The van der Waals surface area contributed by atoms with Crippen molar-refractivity contribution in [3.05, 3.63) is 65.0 Å². The molecule has 2 aromatic rings. The van der Waals surface area contributed by atoms with E-state index in [1.54, 1.807) is 6.20 Å². The van der Waals surface area contributed by atoms with Crippen LogP contribution < -0.4 is 10.6 Å². The fourth-order valence-corrected chi connectivity index (χ4v) is 2.61. The maximum atomic E-state index is 6.21. The molecule has 2 N–H and O–H groups in total. The number of hydrogen-bond donors (Lipinski definition) is 2. The van der Waals surface area contributed by atoms with Gasteiger partial charge in [0.15, 0.2) is 5.82 Å². The second-order valence-electron chi connectivity index (χ2n) is 6.14. The topological polar surface area (TPSA) is 49.8 Å². The molecule has 0 saturated heterocycles. The van der Waals surface area contributed by atoms with Crippen LogP contribution in [0.1, 0.15) is 25.3 Å². The van der Waals surface area contributed by atoms with Gasteiger partial charge in [-0.2, -0.15) is 4.98 Å². The molecule has 1 aliphatic carbocycles. The summed E-state index contributed by atoms with van der Waals surface area (Å²) in [6.07, 6.45) is 6.19. The number of halogens is 1. The molecule has 0 atom stereocenters. The second kappa shape index (κ2) is 7.05. The summed E-state index contributed by atoms with van der Waals surface area (Å²) in [7, 11) is 0. The third kappa shape index (κ3) is 4.15. The van der Waals surface area contributed by atoms with E-state index in [1.165, 1.54) is 18.4 Å². The highest BCUT2D eigenvalue weighted by Gasteiger charge is 2.22. The van der Waals surface area contributed by atoms with Crippen molar-refractivity contribution in [3.63, 3.8) is 0 Å². The molecule has 0 aliphatic heterocycles. The van der Waals surface area contributed by atoms with Crippen LogP contribution in [-0.2, 0) is 0 Å². The summed E-state index contributed by atoms with van der Waals surface area (Å²) in [5.74, 6) is 1.75. The molecule has 24 heavy (non-hydrogen) atoms. The molecule has 4 nitrogen and oxygen atoms in total. The van der Waals surface area contributed by atoms with Gasteiger partial charge in [0.25, 0.3) is 0 Å². The summed E-state index contributed by atoms with van der Waals surface area (Å²) in [4.78, 5) is 8.70. The summed E-state index contributed by atoms with van der Waals surface area (Å²) in [5, 5.41) is 6.85. The third-order valence-corrected chi connectivity index (χ3v) is 4.31. The standard InChI is InChI=1S/C19H21ClN4/c1-12-6-4-5-7-17(12)23-19-21-11-16(20)18(24-19)22-14(3)10-13(2)15-8-9-15/h4-7,10-11,15H,3,8-9H2,1-2H3,(H2,21,22,23,24)/b13-10+. The molecule has 1 saturated carbocycles. The number of benzene rings is 1. The number of aromatic nitrogens is 2.